The quantitative estimate of drug-likeness (QED) is 0.575. The van der Waals surface area contributed by atoms with Gasteiger partial charge in [-0.2, -0.15) is 0 Å². The molecule has 3 heteroatoms. The van der Waals surface area contributed by atoms with E-state index in [2.05, 4.69) is 0 Å². The highest BCUT2D eigenvalue weighted by Gasteiger charge is 1.97. The highest BCUT2D eigenvalue weighted by atomic mass is 35.5. The van der Waals surface area contributed by atoms with Gasteiger partial charge in [0.05, 0.1) is 10.5 Å². The van der Waals surface area contributed by atoms with Crippen molar-refractivity contribution in [3.8, 4) is 0 Å². The van der Waals surface area contributed by atoms with Crippen molar-refractivity contribution in [2.75, 3.05) is 5.75 Å². The maximum atomic E-state index is 10.3. The van der Waals surface area contributed by atoms with Crippen molar-refractivity contribution in [3.05, 3.63) is 0 Å². The van der Waals surface area contributed by atoms with Crippen LogP contribution >= 0.6 is 23.4 Å². The summed E-state index contributed by atoms with van der Waals surface area (Å²) >= 11 is 6.99. The van der Waals surface area contributed by atoms with Gasteiger partial charge in [0.15, 0.2) is 0 Å². The third-order valence-electron chi connectivity index (χ3n) is 0.516. The van der Waals surface area contributed by atoms with Gasteiger partial charge in [0, 0.05) is 0 Å². The summed E-state index contributed by atoms with van der Waals surface area (Å²) in [5.41, 5.74) is 0. The second-order valence-corrected chi connectivity index (χ2v) is 3.80. The smallest absolute Gasteiger partial charge is 0.139 e. The van der Waals surface area contributed by atoms with Crippen molar-refractivity contribution >= 4 is 29.1 Å². The van der Waals surface area contributed by atoms with E-state index in [0.717, 1.165) is 0 Å². The van der Waals surface area contributed by atoms with E-state index in [1.54, 1.807) is 6.92 Å². The van der Waals surface area contributed by atoms with Crippen molar-refractivity contribution in [1.29, 1.82) is 0 Å². The van der Waals surface area contributed by atoms with E-state index in [1.165, 1.54) is 11.8 Å². The highest BCUT2D eigenvalue weighted by molar-refractivity contribution is 8.01. The summed E-state index contributed by atoms with van der Waals surface area (Å²) in [7, 11) is 0. The fraction of sp³-hybridized carbons (Fsp3) is 0.800. The number of hydrogen-bond donors (Lipinski definition) is 0. The third-order valence-corrected chi connectivity index (χ3v) is 1.93. The summed E-state index contributed by atoms with van der Waals surface area (Å²) in [5, 5.41) is 0. The van der Waals surface area contributed by atoms with E-state index in [4.69, 9.17) is 11.6 Å². The molecule has 0 aromatic carbocycles. The molecule has 0 bridgehead atoms. The van der Waals surface area contributed by atoms with Gasteiger partial charge in [-0.3, -0.25) is 4.79 Å². The molecule has 48 valence electrons. The number of hydrogen-bond acceptors (Lipinski definition) is 2. The molecule has 0 fully saturated rings. The van der Waals surface area contributed by atoms with E-state index in [-0.39, 0.29) is 10.5 Å². The zero-order valence-electron chi connectivity index (χ0n) is 4.98. The fourth-order valence-electron chi connectivity index (χ4n) is 0.232. The van der Waals surface area contributed by atoms with E-state index >= 15 is 0 Å². The summed E-state index contributed by atoms with van der Waals surface area (Å²) in [5.74, 6) is 0.715. The molecule has 1 nitrogen and oxygen atoms in total. The molecule has 0 radical (unpaired) electrons. The molecule has 0 spiro atoms. The number of thioether (sulfide) groups is 1. The average Bonchev–Trinajstić information content (AvgIpc) is 1.61. The van der Waals surface area contributed by atoms with Gasteiger partial charge in [-0.25, -0.2) is 0 Å². The molecule has 0 aromatic rings. The Hall–Kier alpha value is 0.310. The molecule has 0 heterocycles. The zero-order chi connectivity index (χ0) is 6.57. The lowest BCUT2D eigenvalue weighted by atomic mass is 10.5. The Morgan fingerprint density at radius 3 is 2.50 bits per heavy atom. The van der Waals surface area contributed by atoms with Gasteiger partial charge in [0.1, 0.15) is 5.78 Å². The highest BCUT2D eigenvalue weighted by Crippen LogP contribution is 2.12. The predicted molar refractivity (Wildman–Crippen MR) is 38.5 cm³/mol. The second-order valence-electron chi connectivity index (χ2n) is 1.56. The van der Waals surface area contributed by atoms with Gasteiger partial charge >= 0.3 is 0 Å². The van der Waals surface area contributed by atoms with Gasteiger partial charge in [-0.1, -0.05) is 0 Å². The molecule has 0 amide bonds. The molecule has 0 aliphatic heterocycles. The molecular weight excluding hydrogens is 144 g/mol. The average molecular weight is 153 g/mol. The Labute approximate surface area is 58.8 Å². The Balaban J connectivity index is 3.05. The van der Waals surface area contributed by atoms with Crippen molar-refractivity contribution in [2.24, 2.45) is 0 Å². The second kappa shape index (κ2) is 4.21. The van der Waals surface area contributed by atoms with Gasteiger partial charge < -0.3 is 0 Å². The minimum absolute atomic E-state index is 0.0545. The molecule has 0 aliphatic rings. The normalized spacial score (nSPS) is 13.4. The molecular formula is C5H9ClOS. The van der Waals surface area contributed by atoms with E-state index in [1.807, 2.05) is 6.92 Å². The van der Waals surface area contributed by atoms with Crippen molar-refractivity contribution in [2.45, 2.75) is 18.6 Å². The predicted octanol–water partition coefficient (Wildman–Crippen LogP) is 1.89. The Kier molecular flexibility index (Phi) is 4.38. The van der Waals surface area contributed by atoms with E-state index in [0.29, 0.717) is 5.75 Å². The molecule has 0 saturated carbocycles. The van der Waals surface area contributed by atoms with Crippen LogP contribution in [0.25, 0.3) is 0 Å². The summed E-state index contributed by atoms with van der Waals surface area (Å²) in [4.78, 5) is 10.3. The summed E-state index contributed by atoms with van der Waals surface area (Å²) in [6.45, 7) is 3.42. The number of alkyl halides is 1. The number of halogens is 1. The Morgan fingerprint density at radius 2 is 2.38 bits per heavy atom. The van der Waals surface area contributed by atoms with Crippen LogP contribution in [0.15, 0.2) is 0 Å². The fourth-order valence-corrected chi connectivity index (χ4v) is 0.886. The van der Waals surface area contributed by atoms with Crippen LogP contribution in [0.1, 0.15) is 13.8 Å². The maximum absolute atomic E-state index is 10.3. The molecule has 1 atom stereocenters. The first kappa shape index (κ1) is 8.31. The summed E-state index contributed by atoms with van der Waals surface area (Å²) in [6, 6.07) is 0. The van der Waals surface area contributed by atoms with E-state index < -0.39 is 0 Å². The van der Waals surface area contributed by atoms with Crippen molar-refractivity contribution in [1.82, 2.24) is 0 Å². The van der Waals surface area contributed by atoms with Crippen molar-refractivity contribution in [3.63, 3.8) is 0 Å². The van der Waals surface area contributed by atoms with Crippen LogP contribution in [0, 0.1) is 0 Å². The molecule has 0 aliphatic carbocycles. The molecule has 0 aromatic heterocycles. The summed E-state index contributed by atoms with van der Waals surface area (Å²) < 4.78 is 0.0545. The van der Waals surface area contributed by atoms with Crippen LogP contribution < -0.4 is 0 Å². The van der Waals surface area contributed by atoms with Crippen LogP contribution in [0.4, 0.5) is 0 Å². The van der Waals surface area contributed by atoms with Crippen molar-refractivity contribution < 1.29 is 4.79 Å². The van der Waals surface area contributed by atoms with Gasteiger partial charge in [-0.15, -0.1) is 23.4 Å². The van der Waals surface area contributed by atoms with Gasteiger partial charge in [0.25, 0.3) is 0 Å². The number of Topliss-reactive ketones (excluding diaryl/α,β-unsaturated/α-hetero) is 1. The standard InChI is InChI=1S/C5H9ClOS/c1-4(7)3-8-5(2)6/h5H,3H2,1-2H3. The first-order valence-electron chi connectivity index (χ1n) is 2.38. The third kappa shape index (κ3) is 6.31. The Morgan fingerprint density at radius 1 is 1.88 bits per heavy atom. The lowest BCUT2D eigenvalue weighted by Crippen LogP contribution is -1.96. The molecule has 0 N–H and O–H groups in total. The Bertz CT molecular complexity index is 82.5. The minimum Gasteiger partial charge on any atom is -0.299 e. The molecule has 0 rings (SSSR count). The topological polar surface area (TPSA) is 17.1 Å². The first-order chi connectivity index (χ1) is 3.63. The number of rotatable bonds is 3. The molecule has 8 heavy (non-hydrogen) atoms. The molecule has 1 unspecified atom stereocenters. The minimum atomic E-state index is 0.0545. The summed E-state index contributed by atoms with van der Waals surface area (Å²) in [6.07, 6.45) is 0. The monoisotopic (exact) mass is 152 g/mol. The molecule has 0 saturated heterocycles. The lowest BCUT2D eigenvalue weighted by molar-refractivity contribution is -0.114. The number of carbonyl (C=O) groups is 1. The first-order valence-corrected chi connectivity index (χ1v) is 3.86. The lowest BCUT2D eigenvalue weighted by Gasteiger charge is -1.96. The maximum Gasteiger partial charge on any atom is 0.139 e. The van der Waals surface area contributed by atoms with Crippen LogP contribution in [-0.2, 0) is 4.79 Å². The number of ketones is 1. The van der Waals surface area contributed by atoms with E-state index in [9.17, 15) is 4.79 Å². The van der Waals surface area contributed by atoms with Crippen LogP contribution in [-0.4, -0.2) is 16.2 Å². The van der Waals surface area contributed by atoms with Crippen LogP contribution in [0.2, 0.25) is 0 Å². The van der Waals surface area contributed by atoms with Crippen LogP contribution in [0.5, 0.6) is 0 Å². The zero-order valence-corrected chi connectivity index (χ0v) is 6.55. The largest absolute Gasteiger partial charge is 0.299 e. The SMILES string of the molecule is CC(=O)CSC(C)Cl. The van der Waals surface area contributed by atoms with Crippen LogP contribution in [0.3, 0.4) is 0 Å². The number of carbonyl (C=O) groups excluding carboxylic acids is 1. The van der Waals surface area contributed by atoms with Gasteiger partial charge in [0.2, 0.25) is 0 Å². The van der Waals surface area contributed by atoms with Gasteiger partial charge in [-0.05, 0) is 13.8 Å².